The van der Waals surface area contributed by atoms with Gasteiger partial charge in [0.2, 0.25) is 5.91 Å². The van der Waals surface area contributed by atoms with Gasteiger partial charge in [-0.3, -0.25) is 14.7 Å². The number of fused-ring (bicyclic) bond motifs is 1. The number of halogens is 1. The van der Waals surface area contributed by atoms with Gasteiger partial charge in [0.1, 0.15) is 0 Å². The van der Waals surface area contributed by atoms with E-state index in [4.69, 9.17) is 4.74 Å². The maximum absolute atomic E-state index is 11.5. The van der Waals surface area contributed by atoms with Crippen molar-refractivity contribution in [2.75, 3.05) is 33.3 Å². The Morgan fingerprint density at radius 3 is 2.83 bits per heavy atom. The van der Waals surface area contributed by atoms with Crippen LogP contribution in [0.5, 0.6) is 0 Å². The minimum atomic E-state index is -0.328. The fourth-order valence-corrected chi connectivity index (χ4v) is 3.93. The van der Waals surface area contributed by atoms with E-state index in [0.717, 1.165) is 13.0 Å². The molecule has 0 spiro atoms. The maximum Gasteiger partial charge on any atom is 0.324 e. The summed E-state index contributed by atoms with van der Waals surface area (Å²) in [5, 5.41) is 9.15. The van der Waals surface area contributed by atoms with E-state index in [2.05, 4.69) is 34.8 Å². The first-order chi connectivity index (χ1) is 10.9. The molecule has 3 N–H and O–H groups in total. The number of carbonyl (C=O) groups excluding carboxylic acids is 2. The molecular weight excluding hydrogens is 425 g/mol. The number of carbonyl (C=O) groups is 2. The minimum absolute atomic E-state index is 0. The van der Waals surface area contributed by atoms with Crippen LogP contribution in [0.15, 0.2) is 4.99 Å². The zero-order chi connectivity index (χ0) is 16.6. The van der Waals surface area contributed by atoms with Gasteiger partial charge in [0.25, 0.3) is 0 Å². The molecule has 24 heavy (non-hydrogen) atoms. The molecule has 0 radical (unpaired) electrons. The van der Waals surface area contributed by atoms with E-state index in [1.54, 1.807) is 7.05 Å². The summed E-state index contributed by atoms with van der Waals surface area (Å²) in [6.07, 6.45) is 1.40. The van der Waals surface area contributed by atoms with Crippen molar-refractivity contribution in [2.45, 2.75) is 32.4 Å². The van der Waals surface area contributed by atoms with Crippen molar-refractivity contribution in [2.24, 2.45) is 16.3 Å². The number of nitrogens with zero attached hydrogens (tertiary/aromatic N) is 2. The summed E-state index contributed by atoms with van der Waals surface area (Å²) >= 11 is 0. The molecule has 0 aromatic carbocycles. The number of rotatable bonds is 4. The molecule has 8 nitrogen and oxygen atoms in total. The van der Waals surface area contributed by atoms with Crippen molar-refractivity contribution in [1.29, 1.82) is 0 Å². The predicted molar refractivity (Wildman–Crippen MR) is 100 cm³/mol. The molecule has 3 rings (SSSR count). The maximum atomic E-state index is 11.5. The molecule has 3 amide bonds. The Morgan fingerprint density at radius 1 is 1.46 bits per heavy atom. The quantitative estimate of drug-likeness (QED) is 0.245. The summed E-state index contributed by atoms with van der Waals surface area (Å²) in [6, 6.07) is -0.0104. The summed E-state index contributed by atoms with van der Waals surface area (Å²) in [5.41, 5.74) is 0.0730. The Morgan fingerprint density at radius 2 is 2.21 bits per heavy atom. The van der Waals surface area contributed by atoms with E-state index in [0.29, 0.717) is 37.1 Å². The van der Waals surface area contributed by atoms with Gasteiger partial charge in [0, 0.05) is 44.1 Å². The molecule has 0 bridgehead atoms. The second kappa shape index (κ2) is 7.42. The number of ether oxygens (including phenoxy) is 1. The first-order valence-electron chi connectivity index (χ1n) is 8.12. The Balaban J connectivity index is 0.00000208. The van der Waals surface area contributed by atoms with Crippen LogP contribution in [0, 0.1) is 11.3 Å². The van der Waals surface area contributed by atoms with Crippen molar-refractivity contribution >= 4 is 41.9 Å². The monoisotopic (exact) mass is 451 g/mol. The lowest BCUT2D eigenvalue weighted by atomic mass is 9.57. The molecule has 3 atom stereocenters. The van der Waals surface area contributed by atoms with Gasteiger partial charge in [0.15, 0.2) is 5.96 Å². The highest BCUT2D eigenvalue weighted by Crippen LogP contribution is 2.51. The summed E-state index contributed by atoms with van der Waals surface area (Å²) in [4.78, 5) is 28.5. The summed E-state index contributed by atoms with van der Waals surface area (Å²) in [5.74, 6) is 1.03. The van der Waals surface area contributed by atoms with Crippen molar-refractivity contribution in [3.63, 3.8) is 0 Å². The molecule has 136 valence electrons. The fourth-order valence-electron chi connectivity index (χ4n) is 3.93. The Kier molecular flexibility index (Phi) is 5.95. The molecule has 2 saturated heterocycles. The summed E-state index contributed by atoms with van der Waals surface area (Å²) in [6.45, 7) is 6.13. The van der Waals surface area contributed by atoms with Crippen molar-refractivity contribution in [1.82, 2.24) is 20.9 Å². The van der Waals surface area contributed by atoms with E-state index in [1.165, 1.54) is 4.90 Å². The molecule has 2 heterocycles. The molecule has 1 aliphatic carbocycles. The highest BCUT2D eigenvalue weighted by Gasteiger charge is 2.59. The Bertz CT molecular complexity index is 523. The van der Waals surface area contributed by atoms with Gasteiger partial charge >= 0.3 is 6.03 Å². The van der Waals surface area contributed by atoms with Gasteiger partial charge in [-0.25, -0.2) is 4.79 Å². The van der Waals surface area contributed by atoms with Gasteiger partial charge in [-0.05, 0) is 6.42 Å². The van der Waals surface area contributed by atoms with Crippen LogP contribution in [-0.2, 0) is 9.53 Å². The lowest BCUT2D eigenvalue weighted by Crippen LogP contribution is -2.68. The standard InChI is InChI=1S/C15H25N5O3.HI/c1-15(2)11(9-4-7-23-12(9)15)19-13(16-3)17-5-6-20-10(21)8-18-14(20)22;/h9,11-12H,4-8H2,1-3H3,(H,18,22)(H2,16,17,19);1H. The van der Waals surface area contributed by atoms with Gasteiger partial charge in [-0.2, -0.15) is 0 Å². The molecular formula is C15H26IN5O3. The average Bonchev–Trinajstić information content (AvgIpc) is 3.10. The van der Waals surface area contributed by atoms with Gasteiger partial charge < -0.3 is 20.7 Å². The third kappa shape index (κ3) is 3.32. The van der Waals surface area contributed by atoms with E-state index >= 15 is 0 Å². The molecule has 3 fully saturated rings. The zero-order valence-electron chi connectivity index (χ0n) is 14.3. The molecule has 2 aliphatic heterocycles. The summed E-state index contributed by atoms with van der Waals surface area (Å²) < 4.78 is 5.80. The number of amides is 3. The number of hydrogen-bond donors (Lipinski definition) is 3. The van der Waals surface area contributed by atoms with Crippen LogP contribution in [0.4, 0.5) is 4.79 Å². The van der Waals surface area contributed by atoms with Crippen molar-refractivity contribution in [3.05, 3.63) is 0 Å². The predicted octanol–water partition coefficient (Wildman–Crippen LogP) is 0.135. The molecule has 0 aromatic rings. The van der Waals surface area contributed by atoms with Crippen molar-refractivity contribution < 1.29 is 14.3 Å². The average molecular weight is 451 g/mol. The molecule has 3 aliphatic rings. The fraction of sp³-hybridized carbons (Fsp3) is 0.800. The third-order valence-corrected chi connectivity index (χ3v) is 5.18. The number of aliphatic imine (C=N–C) groups is 1. The minimum Gasteiger partial charge on any atom is -0.377 e. The number of hydrogen-bond acceptors (Lipinski definition) is 4. The molecule has 0 aromatic heterocycles. The first-order valence-corrected chi connectivity index (χ1v) is 8.12. The number of imide groups is 1. The van der Waals surface area contributed by atoms with Crippen LogP contribution in [0.3, 0.4) is 0 Å². The van der Waals surface area contributed by atoms with E-state index < -0.39 is 0 Å². The van der Waals surface area contributed by atoms with Crippen LogP contribution in [0.1, 0.15) is 20.3 Å². The third-order valence-electron chi connectivity index (χ3n) is 5.18. The largest absolute Gasteiger partial charge is 0.377 e. The van der Waals surface area contributed by atoms with E-state index in [1.807, 2.05) is 0 Å². The first kappa shape index (κ1) is 19.2. The van der Waals surface area contributed by atoms with E-state index in [-0.39, 0.29) is 47.9 Å². The lowest BCUT2D eigenvalue weighted by Gasteiger charge is -2.54. The van der Waals surface area contributed by atoms with Gasteiger partial charge in [-0.1, -0.05) is 13.8 Å². The van der Waals surface area contributed by atoms with Crippen LogP contribution >= 0.6 is 24.0 Å². The second-order valence-electron chi connectivity index (χ2n) is 6.89. The van der Waals surface area contributed by atoms with E-state index in [9.17, 15) is 9.59 Å². The van der Waals surface area contributed by atoms with Crippen LogP contribution in [0.25, 0.3) is 0 Å². The topological polar surface area (TPSA) is 95.1 Å². The molecule has 3 unspecified atom stereocenters. The van der Waals surface area contributed by atoms with Crippen LogP contribution in [-0.4, -0.2) is 68.2 Å². The van der Waals surface area contributed by atoms with Crippen LogP contribution < -0.4 is 16.0 Å². The highest BCUT2D eigenvalue weighted by atomic mass is 127. The Labute approximate surface area is 159 Å². The van der Waals surface area contributed by atoms with Gasteiger partial charge in [-0.15, -0.1) is 24.0 Å². The number of urea groups is 1. The lowest BCUT2D eigenvalue weighted by molar-refractivity contribution is -0.124. The number of guanidine groups is 1. The molecule has 9 heteroatoms. The zero-order valence-corrected chi connectivity index (χ0v) is 16.6. The summed E-state index contributed by atoms with van der Waals surface area (Å²) in [7, 11) is 1.72. The van der Waals surface area contributed by atoms with Gasteiger partial charge in [0.05, 0.1) is 12.6 Å². The second-order valence-corrected chi connectivity index (χ2v) is 6.89. The normalized spacial score (nSPS) is 31.0. The van der Waals surface area contributed by atoms with Crippen LogP contribution in [0.2, 0.25) is 0 Å². The Hall–Kier alpha value is -1.10. The highest BCUT2D eigenvalue weighted by molar-refractivity contribution is 14.0. The molecule has 1 saturated carbocycles. The number of nitrogens with one attached hydrogen (secondary N) is 3. The smallest absolute Gasteiger partial charge is 0.324 e. The van der Waals surface area contributed by atoms with Crippen molar-refractivity contribution in [3.8, 4) is 0 Å². The SMILES string of the molecule is CN=C(NCCN1C(=O)CNC1=O)NC1C2CCOC2C1(C)C.I.